The van der Waals surface area contributed by atoms with Gasteiger partial charge in [0.2, 0.25) is 6.36 Å². The quantitative estimate of drug-likeness (QED) is 0.474. The molecule has 2 rings (SSSR count). The monoisotopic (exact) mass is 382 g/mol. The number of aryl methyl sites for hydroxylation is 2. The van der Waals surface area contributed by atoms with E-state index in [1.807, 2.05) is 4.90 Å². The second-order valence-corrected chi connectivity index (χ2v) is 6.98. The second-order valence-electron chi connectivity index (χ2n) is 6.98. The van der Waals surface area contributed by atoms with E-state index in [-0.39, 0.29) is 13.0 Å². The summed E-state index contributed by atoms with van der Waals surface area (Å²) < 4.78 is 18.3. The summed E-state index contributed by atoms with van der Waals surface area (Å²) in [5.74, 6) is -0.0333. The van der Waals surface area contributed by atoms with Crippen LogP contribution >= 0.6 is 0 Å². The van der Waals surface area contributed by atoms with Crippen molar-refractivity contribution >= 4 is 11.8 Å². The first-order valence-electron chi connectivity index (χ1n) is 9.60. The first-order valence-corrected chi connectivity index (χ1v) is 9.60. The van der Waals surface area contributed by atoms with Crippen molar-refractivity contribution in [1.29, 1.82) is 0 Å². The summed E-state index contributed by atoms with van der Waals surface area (Å²) >= 11 is 0. The van der Waals surface area contributed by atoms with Crippen molar-refractivity contribution in [1.82, 2.24) is 9.88 Å². The highest BCUT2D eigenvalue weighted by molar-refractivity contribution is 5.72. The fraction of sp³-hybridized carbons (Fsp3) is 0.684. The minimum atomic E-state index is -1.39. The molecule has 0 aromatic carbocycles. The number of hydrogen-bond acceptors (Lipinski definition) is 6. The number of hydrogen-bond donors (Lipinski definition) is 3. The number of anilines is 1. The predicted molar refractivity (Wildman–Crippen MR) is 103 cm³/mol. The van der Waals surface area contributed by atoms with Crippen LogP contribution < -0.4 is 11.1 Å². The van der Waals surface area contributed by atoms with Gasteiger partial charge >= 0.3 is 5.97 Å². The third-order valence-corrected chi connectivity index (χ3v) is 4.84. The lowest BCUT2D eigenvalue weighted by atomic mass is 10.1. The maximum atomic E-state index is 13.6. The minimum absolute atomic E-state index is 0.115. The van der Waals surface area contributed by atoms with Gasteiger partial charge < -0.3 is 20.9 Å². The van der Waals surface area contributed by atoms with Gasteiger partial charge in [-0.3, -0.25) is 9.69 Å². The fourth-order valence-electron chi connectivity index (χ4n) is 3.17. The molecule has 0 saturated heterocycles. The molecule has 27 heavy (non-hydrogen) atoms. The zero-order chi connectivity index (χ0) is 19.6. The summed E-state index contributed by atoms with van der Waals surface area (Å²) in [6, 6.07) is 3.30. The van der Waals surface area contributed by atoms with Crippen molar-refractivity contribution in [2.24, 2.45) is 5.73 Å². The fourth-order valence-corrected chi connectivity index (χ4v) is 3.17. The largest absolute Gasteiger partial charge is 0.480 e. The van der Waals surface area contributed by atoms with Gasteiger partial charge in [-0.25, -0.2) is 9.37 Å². The van der Waals surface area contributed by atoms with Crippen LogP contribution in [0.15, 0.2) is 12.1 Å². The van der Waals surface area contributed by atoms with Gasteiger partial charge in [0.05, 0.1) is 6.54 Å². The molecule has 0 aliphatic carbocycles. The van der Waals surface area contributed by atoms with E-state index in [2.05, 4.69) is 22.4 Å². The van der Waals surface area contributed by atoms with E-state index in [1.165, 1.54) is 12.7 Å². The molecule has 152 valence electrons. The number of ether oxygens (including phenoxy) is 1. The van der Waals surface area contributed by atoms with Crippen molar-refractivity contribution in [3.8, 4) is 0 Å². The first kappa shape index (κ1) is 21.5. The maximum Gasteiger partial charge on any atom is 0.320 e. The molecule has 7 nitrogen and oxygen atoms in total. The van der Waals surface area contributed by atoms with Crippen LogP contribution in [0.25, 0.3) is 0 Å². The number of halogens is 1. The number of carboxylic acid groups (broad SMARTS) is 1. The van der Waals surface area contributed by atoms with Gasteiger partial charge in [0.1, 0.15) is 11.9 Å². The number of nitrogens with two attached hydrogens (primary N) is 1. The van der Waals surface area contributed by atoms with Crippen LogP contribution in [0.5, 0.6) is 0 Å². The highest BCUT2D eigenvalue weighted by Gasteiger charge is 2.17. The summed E-state index contributed by atoms with van der Waals surface area (Å²) in [4.78, 5) is 17.4. The zero-order valence-electron chi connectivity index (χ0n) is 16.0. The average molecular weight is 382 g/mol. The molecule has 1 unspecified atom stereocenters. The van der Waals surface area contributed by atoms with Gasteiger partial charge in [-0.2, -0.15) is 0 Å². The highest BCUT2D eigenvalue weighted by atomic mass is 19.1. The molecular formula is C19H31FN4O3. The van der Waals surface area contributed by atoms with Crippen LogP contribution in [0.4, 0.5) is 10.2 Å². The van der Waals surface area contributed by atoms with Gasteiger partial charge in [0, 0.05) is 25.9 Å². The normalized spacial score (nSPS) is 15.9. The molecule has 0 saturated carbocycles. The predicted octanol–water partition coefficient (Wildman–Crippen LogP) is 1.81. The zero-order valence-corrected chi connectivity index (χ0v) is 16.0. The van der Waals surface area contributed by atoms with Gasteiger partial charge in [0.15, 0.2) is 0 Å². The highest BCUT2D eigenvalue weighted by Crippen LogP contribution is 2.20. The number of fused-ring (bicyclic) bond motifs is 1. The van der Waals surface area contributed by atoms with E-state index in [0.717, 1.165) is 50.2 Å². The van der Waals surface area contributed by atoms with Crippen molar-refractivity contribution in [3.05, 3.63) is 23.4 Å². The standard InChI is InChI=1S/C19H31FN4O3/c1-27-17(20)13-24(12-9-16(21)19(25)26)11-3-2-6-15-8-7-14-5-4-10-22-18(14)23-15/h7-8,16-17H,2-6,9-13,21H2,1H3,(H,22,23)(H,25,26)/t16-,17?/m0/s1. The Hall–Kier alpha value is -1.77. The minimum Gasteiger partial charge on any atom is -0.480 e. The molecule has 1 aliphatic heterocycles. The Kier molecular flexibility index (Phi) is 8.90. The number of alkyl halides is 1. The molecule has 0 amide bonds. The molecule has 0 radical (unpaired) electrons. The number of rotatable bonds is 12. The van der Waals surface area contributed by atoms with Gasteiger partial charge in [-0.05, 0) is 56.7 Å². The van der Waals surface area contributed by atoms with Crippen molar-refractivity contribution in [2.45, 2.75) is 50.9 Å². The van der Waals surface area contributed by atoms with Crippen LogP contribution in [0.1, 0.15) is 36.9 Å². The Morgan fingerprint density at radius 1 is 1.44 bits per heavy atom. The van der Waals surface area contributed by atoms with Gasteiger partial charge in [-0.1, -0.05) is 6.07 Å². The van der Waals surface area contributed by atoms with E-state index in [1.54, 1.807) is 0 Å². The van der Waals surface area contributed by atoms with Crippen LogP contribution in [0.3, 0.4) is 0 Å². The number of aliphatic carboxylic acids is 1. The summed E-state index contributed by atoms with van der Waals surface area (Å²) in [5, 5.41) is 12.2. The number of methoxy groups -OCH3 is 1. The van der Waals surface area contributed by atoms with Crippen molar-refractivity contribution in [3.63, 3.8) is 0 Å². The molecule has 1 aromatic rings. The number of pyridine rings is 1. The maximum absolute atomic E-state index is 13.6. The van der Waals surface area contributed by atoms with Crippen molar-refractivity contribution < 1.29 is 19.0 Å². The second kappa shape index (κ2) is 11.2. The molecule has 1 aliphatic rings. The Labute approximate surface area is 160 Å². The topological polar surface area (TPSA) is 101 Å². The summed E-state index contributed by atoms with van der Waals surface area (Å²) in [6.07, 6.45) is 3.77. The van der Waals surface area contributed by atoms with Crippen LogP contribution in [-0.4, -0.2) is 66.6 Å². The van der Waals surface area contributed by atoms with Gasteiger partial charge in [0.25, 0.3) is 0 Å². The number of carbonyl (C=O) groups is 1. The Balaban J connectivity index is 1.77. The number of nitrogens with one attached hydrogen (secondary N) is 1. The van der Waals surface area contributed by atoms with Gasteiger partial charge in [-0.15, -0.1) is 0 Å². The molecule has 0 bridgehead atoms. The first-order chi connectivity index (χ1) is 13.0. The molecule has 1 aromatic heterocycles. The Bertz CT molecular complexity index is 602. The lowest BCUT2D eigenvalue weighted by Gasteiger charge is -2.24. The summed E-state index contributed by atoms with van der Waals surface area (Å²) in [6.45, 7) is 2.18. The van der Waals surface area contributed by atoms with Crippen molar-refractivity contribution in [2.75, 3.05) is 38.6 Å². The lowest BCUT2D eigenvalue weighted by Crippen LogP contribution is -2.38. The average Bonchev–Trinajstić information content (AvgIpc) is 2.68. The molecule has 4 N–H and O–H groups in total. The molecular weight excluding hydrogens is 351 g/mol. The Morgan fingerprint density at radius 3 is 3.00 bits per heavy atom. The van der Waals surface area contributed by atoms with Crippen LogP contribution in [-0.2, 0) is 22.4 Å². The molecule has 2 atom stereocenters. The molecule has 0 fully saturated rings. The molecule has 2 heterocycles. The van der Waals surface area contributed by atoms with E-state index in [9.17, 15) is 9.18 Å². The van der Waals surface area contributed by atoms with Crippen LogP contribution in [0.2, 0.25) is 0 Å². The van der Waals surface area contributed by atoms with Crippen LogP contribution in [0, 0.1) is 0 Å². The lowest BCUT2D eigenvalue weighted by molar-refractivity contribution is -0.138. The SMILES string of the molecule is COC(F)CN(CCCCc1ccc2c(n1)NCCC2)CC[C@H](N)C(=O)O. The smallest absolute Gasteiger partial charge is 0.320 e. The third kappa shape index (κ3) is 7.40. The van der Waals surface area contributed by atoms with E-state index in [0.29, 0.717) is 13.1 Å². The number of carboxylic acids is 1. The Morgan fingerprint density at radius 2 is 2.26 bits per heavy atom. The van der Waals surface area contributed by atoms with E-state index < -0.39 is 18.4 Å². The molecule has 0 spiro atoms. The number of aromatic nitrogens is 1. The number of nitrogens with zero attached hydrogens (tertiary/aromatic N) is 2. The molecule has 8 heteroatoms. The van der Waals surface area contributed by atoms with E-state index in [4.69, 9.17) is 15.6 Å². The number of unbranched alkanes of at least 4 members (excludes halogenated alkanes) is 1. The summed E-state index contributed by atoms with van der Waals surface area (Å²) in [7, 11) is 1.32. The van der Waals surface area contributed by atoms with E-state index >= 15 is 0 Å². The third-order valence-electron chi connectivity index (χ3n) is 4.84. The summed E-state index contributed by atoms with van der Waals surface area (Å²) in [5.41, 5.74) is 7.88.